The summed E-state index contributed by atoms with van der Waals surface area (Å²) < 4.78 is 5.51. The second-order valence-corrected chi connectivity index (χ2v) is 14.2. The Balaban J connectivity index is 1.56. The molecule has 1 saturated heterocycles. The van der Waals surface area contributed by atoms with E-state index in [-0.39, 0.29) is 23.9 Å². The molecule has 43 heavy (non-hydrogen) atoms. The van der Waals surface area contributed by atoms with Crippen molar-refractivity contribution >= 4 is 17.9 Å². The van der Waals surface area contributed by atoms with Gasteiger partial charge in [0.2, 0.25) is 11.8 Å². The van der Waals surface area contributed by atoms with Gasteiger partial charge in [-0.25, -0.2) is 4.79 Å². The molecule has 3 atom stereocenters. The Hall–Kier alpha value is -2.61. The molecule has 8 nitrogen and oxygen atoms in total. The second kappa shape index (κ2) is 17.6. The highest BCUT2D eigenvalue weighted by Crippen LogP contribution is 2.28. The number of carbonyl (C=O) groups is 3. The van der Waals surface area contributed by atoms with Crippen molar-refractivity contribution < 1.29 is 19.1 Å². The summed E-state index contributed by atoms with van der Waals surface area (Å²) in [6, 6.07) is 9.54. The van der Waals surface area contributed by atoms with Crippen molar-refractivity contribution in [2.75, 3.05) is 19.6 Å². The van der Waals surface area contributed by atoms with Crippen LogP contribution in [0.3, 0.4) is 0 Å². The molecule has 8 heteroatoms. The SMILES string of the molecule is CC(C)C[C@H](CN1CCC[C@H]1C(=O)NCCCCc1ccccc1)NC(=O)[C@H](CC1CCCCC1)NC(=O)OC(C)(C)C. The van der Waals surface area contributed by atoms with Gasteiger partial charge in [0, 0.05) is 19.1 Å². The van der Waals surface area contributed by atoms with Crippen LogP contribution in [-0.4, -0.2) is 66.2 Å². The summed E-state index contributed by atoms with van der Waals surface area (Å²) in [7, 11) is 0. The number of amides is 3. The highest BCUT2D eigenvalue weighted by molar-refractivity contribution is 5.86. The number of hydrogen-bond acceptors (Lipinski definition) is 5. The molecule has 242 valence electrons. The molecule has 3 rings (SSSR count). The third-order valence-corrected chi connectivity index (χ3v) is 8.56. The van der Waals surface area contributed by atoms with Gasteiger partial charge in [0.15, 0.2) is 0 Å². The molecule has 1 aromatic carbocycles. The van der Waals surface area contributed by atoms with Gasteiger partial charge in [-0.1, -0.05) is 76.3 Å². The zero-order valence-electron chi connectivity index (χ0n) is 27.5. The highest BCUT2D eigenvalue weighted by atomic mass is 16.6. The van der Waals surface area contributed by atoms with E-state index in [4.69, 9.17) is 4.74 Å². The largest absolute Gasteiger partial charge is 0.444 e. The molecule has 3 N–H and O–H groups in total. The summed E-state index contributed by atoms with van der Waals surface area (Å²) in [5, 5.41) is 9.35. The van der Waals surface area contributed by atoms with Crippen LogP contribution in [0.5, 0.6) is 0 Å². The van der Waals surface area contributed by atoms with Crippen molar-refractivity contribution in [1.29, 1.82) is 0 Å². The second-order valence-electron chi connectivity index (χ2n) is 14.2. The van der Waals surface area contributed by atoms with Crippen molar-refractivity contribution in [1.82, 2.24) is 20.9 Å². The molecule has 1 saturated carbocycles. The quantitative estimate of drug-likeness (QED) is 0.216. The predicted octanol–water partition coefficient (Wildman–Crippen LogP) is 5.98. The number of carbonyl (C=O) groups excluding carboxylic acids is 3. The Bertz CT molecular complexity index is 987. The number of benzene rings is 1. The maximum atomic E-state index is 13.7. The number of hydrogen-bond donors (Lipinski definition) is 3. The summed E-state index contributed by atoms with van der Waals surface area (Å²) in [4.78, 5) is 41.9. The lowest BCUT2D eigenvalue weighted by molar-refractivity contribution is -0.125. The average Bonchev–Trinajstić information content (AvgIpc) is 3.40. The number of alkyl carbamates (subject to hydrolysis) is 1. The number of nitrogens with one attached hydrogen (secondary N) is 3. The van der Waals surface area contributed by atoms with Crippen LogP contribution in [0.1, 0.15) is 111 Å². The number of likely N-dealkylation sites (tertiary alicyclic amines) is 1. The monoisotopic (exact) mass is 598 g/mol. The van der Waals surface area contributed by atoms with Crippen LogP contribution in [0.4, 0.5) is 4.79 Å². The minimum atomic E-state index is -0.638. The van der Waals surface area contributed by atoms with E-state index >= 15 is 0 Å². The molecule has 3 amide bonds. The zero-order valence-corrected chi connectivity index (χ0v) is 27.5. The normalized spacial score (nSPS) is 19.5. The van der Waals surface area contributed by atoms with Crippen molar-refractivity contribution in [2.24, 2.45) is 11.8 Å². The Morgan fingerprint density at radius 2 is 1.67 bits per heavy atom. The molecule has 1 aliphatic carbocycles. The van der Waals surface area contributed by atoms with Gasteiger partial charge in [0.25, 0.3) is 0 Å². The summed E-state index contributed by atoms with van der Waals surface area (Å²) in [5.74, 6) is 0.733. The van der Waals surface area contributed by atoms with Crippen molar-refractivity contribution in [3.63, 3.8) is 0 Å². The predicted molar refractivity (Wildman–Crippen MR) is 173 cm³/mol. The van der Waals surface area contributed by atoms with Gasteiger partial charge in [-0.3, -0.25) is 14.5 Å². The zero-order chi connectivity index (χ0) is 31.2. The lowest BCUT2D eigenvalue weighted by atomic mass is 9.84. The first kappa shape index (κ1) is 34.9. The van der Waals surface area contributed by atoms with Crippen molar-refractivity contribution in [2.45, 2.75) is 135 Å². The van der Waals surface area contributed by atoms with Gasteiger partial charge < -0.3 is 20.7 Å². The van der Waals surface area contributed by atoms with Crippen LogP contribution < -0.4 is 16.0 Å². The lowest BCUT2D eigenvalue weighted by Gasteiger charge is -2.32. The van der Waals surface area contributed by atoms with E-state index in [2.05, 4.69) is 59.0 Å². The molecule has 0 aromatic heterocycles. The average molecular weight is 599 g/mol. The molecule has 0 bridgehead atoms. The summed E-state index contributed by atoms with van der Waals surface area (Å²) in [5.41, 5.74) is 0.694. The molecule has 1 aliphatic heterocycles. The van der Waals surface area contributed by atoms with E-state index < -0.39 is 17.7 Å². The molecule has 0 unspecified atom stereocenters. The minimum Gasteiger partial charge on any atom is -0.444 e. The number of ether oxygens (including phenoxy) is 1. The Morgan fingerprint density at radius 3 is 2.35 bits per heavy atom. The maximum absolute atomic E-state index is 13.7. The maximum Gasteiger partial charge on any atom is 0.408 e. The molecule has 0 radical (unpaired) electrons. The van der Waals surface area contributed by atoms with Crippen molar-refractivity contribution in [3.8, 4) is 0 Å². The van der Waals surface area contributed by atoms with E-state index in [9.17, 15) is 14.4 Å². The van der Waals surface area contributed by atoms with Crippen LogP contribution in [0.2, 0.25) is 0 Å². The van der Waals surface area contributed by atoms with Crippen LogP contribution >= 0.6 is 0 Å². The molecule has 1 heterocycles. The third-order valence-electron chi connectivity index (χ3n) is 8.56. The standard InChI is InChI=1S/C35H58N4O4/c1-26(2)23-29(37-32(40)30(24-28-18-10-7-11-19-28)38-34(42)43-35(3,4)5)25-39-22-14-20-31(39)33(41)36-21-13-12-17-27-15-8-6-9-16-27/h6,8-9,15-16,26,28-31H,7,10-14,17-25H2,1-5H3,(H,36,41)(H,37,40)(H,38,42)/t29-,30+,31+/m1/s1. The summed E-state index contributed by atoms with van der Waals surface area (Å²) >= 11 is 0. The highest BCUT2D eigenvalue weighted by Gasteiger charge is 2.34. The number of unbranched alkanes of at least 4 members (excludes halogenated alkanes) is 1. The van der Waals surface area contributed by atoms with Gasteiger partial charge >= 0.3 is 6.09 Å². The van der Waals surface area contributed by atoms with E-state index in [0.717, 1.165) is 57.9 Å². The van der Waals surface area contributed by atoms with Gasteiger partial charge in [-0.15, -0.1) is 0 Å². The lowest BCUT2D eigenvalue weighted by Crippen LogP contribution is -2.55. The third kappa shape index (κ3) is 13.3. The van der Waals surface area contributed by atoms with Crippen molar-refractivity contribution in [3.05, 3.63) is 35.9 Å². The molecular weight excluding hydrogens is 540 g/mol. The summed E-state index contributed by atoms with van der Waals surface area (Å²) in [6.07, 6.45) is 11.5. The molecule has 2 fully saturated rings. The van der Waals surface area contributed by atoms with E-state index in [1.54, 1.807) is 0 Å². The number of aryl methyl sites for hydroxylation is 1. The molecule has 0 spiro atoms. The Labute approximate surface area is 260 Å². The van der Waals surface area contributed by atoms with E-state index in [1.165, 1.54) is 24.8 Å². The first-order chi connectivity index (χ1) is 20.5. The smallest absolute Gasteiger partial charge is 0.408 e. The summed E-state index contributed by atoms with van der Waals surface area (Å²) in [6.45, 7) is 11.9. The van der Waals surface area contributed by atoms with Crippen LogP contribution in [0, 0.1) is 11.8 Å². The molecular formula is C35H58N4O4. The van der Waals surface area contributed by atoms with Crippen LogP contribution in [0.25, 0.3) is 0 Å². The molecule has 2 aliphatic rings. The number of rotatable bonds is 15. The first-order valence-electron chi connectivity index (χ1n) is 16.9. The van der Waals surface area contributed by atoms with Gasteiger partial charge in [-0.2, -0.15) is 0 Å². The fourth-order valence-electron chi connectivity index (χ4n) is 6.54. The fourth-order valence-corrected chi connectivity index (χ4v) is 6.54. The van der Waals surface area contributed by atoms with Gasteiger partial charge in [0.05, 0.1) is 6.04 Å². The Morgan fingerprint density at radius 1 is 0.953 bits per heavy atom. The van der Waals surface area contributed by atoms with Crippen LogP contribution in [0.15, 0.2) is 30.3 Å². The Kier molecular flexibility index (Phi) is 14.3. The van der Waals surface area contributed by atoms with Crippen LogP contribution in [-0.2, 0) is 20.7 Å². The van der Waals surface area contributed by atoms with Gasteiger partial charge in [0.1, 0.15) is 11.6 Å². The topological polar surface area (TPSA) is 99.8 Å². The minimum absolute atomic E-state index is 0.0913. The number of nitrogens with zero attached hydrogens (tertiary/aromatic N) is 1. The first-order valence-corrected chi connectivity index (χ1v) is 16.9. The van der Waals surface area contributed by atoms with E-state index in [0.29, 0.717) is 31.3 Å². The molecule has 1 aromatic rings. The van der Waals surface area contributed by atoms with Gasteiger partial charge in [-0.05, 0) is 89.7 Å². The fraction of sp³-hybridized carbons (Fsp3) is 0.743. The van der Waals surface area contributed by atoms with E-state index in [1.807, 2.05) is 26.8 Å².